The summed E-state index contributed by atoms with van der Waals surface area (Å²) in [6.45, 7) is 2.11. The van der Waals surface area contributed by atoms with Crippen molar-refractivity contribution in [1.29, 1.82) is 0 Å². The number of amides is 3. The van der Waals surface area contributed by atoms with Crippen LogP contribution in [0.3, 0.4) is 0 Å². The number of methoxy groups -OCH3 is 3. The van der Waals surface area contributed by atoms with E-state index in [1.54, 1.807) is 44.7 Å². The number of aromatic nitrogens is 1. The molecular formula is C25H28N4O5S. The predicted molar refractivity (Wildman–Crippen MR) is 134 cm³/mol. The monoisotopic (exact) mass is 496 g/mol. The molecule has 0 aliphatic carbocycles. The zero-order chi connectivity index (χ0) is 24.9. The van der Waals surface area contributed by atoms with Crippen LogP contribution < -0.4 is 24.8 Å². The van der Waals surface area contributed by atoms with Crippen LogP contribution in [0, 0.1) is 0 Å². The smallest absolute Gasteiger partial charge is 0.318 e. The summed E-state index contributed by atoms with van der Waals surface area (Å²) in [7, 11) is 4.80. The first-order valence-corrected chi connectivity index (χ1v) is 12.0. The molecule has 0 saturated heterocycles. The van der Waals surface area contributed by atoms with Gasteiger partial charge in [-0.25, -0.2) is 9.78 Å². The average molecular weight is 497 g/mol. The summed E-state index contributed by atoms with van der Waals surface area (Å²) >= 11 is 1.32. The highest BCUT2D eigenvalue weighted by atomic mass is 32.1. The second kappa shape index (κ2) is 10.6. The van der Waals surface area contributed by atoms with Gasteiger partial charge in [-0.15, -0.1) is 11.3 Å². The van der Waals surface area contributed by atoms with Crippen LogP contribution in [0.5, 0.6) is 17.2 Å². The number of anilines is 1. The fourth-order valence-electron chi connectivity index (χ4n) is 4.14. The Labute approximate surface area is 208 Å². The maximum atomic E-state index is 13.5. The van der Waals surface area contributed by atoms with Gasteiger partial charge in [-0.05, 0) is 54.3 Å². The van der Waals surface area contributed by atoms with E-state index in [-0.39, 0.29) is 11.9 Å². The summed E-state index contributed by atoms with van der Waals surface area (Å²) < 4.78 is 16.3. The van der Waals surface area contributed by atoms with Crippen LogP contribution in [0.4, 0.5) is 9.93 Å². The third-order valence-electron chi connectivity index (χ3n) is 5.96. The molecule has 2 heterocycles. The molecular weight excluding hydrogens is 468 g/mol. The van der Waals surface area contributed by atoms with Gasteiger partial charge in [0.1, 0.15) is 11.8 Å². The molecule has 2 N–H and O–H groups in total. The molecule has 0 saturated carbocycles. The van der Waals surface area contributed by atoms with Gasteiger partial charge in [-0.3, -0.25) is 4.79 Å². The highest BCUT2D eigenvalue weighted by Crippen LogP contribution is 2.41. The molecule has 35 heavy (non-hydrogen) atoms. The van der Waals surface area contributed by atoms with Gasteiger partial charge in [0.05, 0.1) is 27.4 Å². The maximum absolute atomic E-state index is 13.5. The minimum Gasteiger partial charge on any atom is -0.497 e. The molecule has 2 atom stereocenters. The lowest BCUT2D eigenvalue weighted by molar-refractivity contribution is -0.117. The minimum atomic E-state index is -0.755. The molecule has 4 rings (SSSR count). The van der Waals surface area contributed by atoms with Gasteiger partial charge < -0.3 is 29.7 Å². The van der Waals surface area contributed by atoms with Crippen LogP contribution in [-0.2, 0) is 11.2 Å². The van der Waals surface area contributed by atoms with E-state index in [4.69, 9.17) is 14.2 Å². The quantitative estimate of drug-likeness (QED) is 0.515. The number of rotatable bonds is 7. The minimum absolute atomic E-state index is 0.335. The number of carbonyl (C=O) groups is 2. The number of benzene rings is 2. The van der Waals surface area contributed by atoms with Gasteiger partial charge in [0.2, 0.25) is 5.91 Å². The standard InChI is InChI=1S/C25H28N4O5S/c1-15(23(30)28-24-26-10-12-35-24)27-25(31)29-11-9-17-13-20(33-3)21(34-4)14-19(17)22(29)16-5-7-18(32-2)8-6-16/h5-8,10,12-15,22H,9,11H2,1-4H3,(H,27,31)(H,26,28,30)/t15-,22-/m1/s1. The van der Waals surface area contributed by atoms with Crippen molar-refractivity contribution in [2.45, 2.75) is 25.4 Å². The number of nitrogens with one attached hydrogen (secondary N) is 2. The van der Waals surface area contributed by atoms with Crippen molar-refractivity contribution in [3.05, 3.63) is 64.7 Å². The first-order chi connectivity index (χ1) is 16.9. The number of ether oxygens (including phenoxy) is 3. The van der Waals surface area contributed by atoms with Crippen LogP contribution in [0.15, 0.2) is 48.0 Å². The lowest BCUT2D eigenvalue weighted by Gasteiger charge is -2.38. The molecule has 2 aromatic carbocycles. The van der Waals surface area contributed by atoms with E-state index < -0.39 is 12.1 Å². The van der Waals surface area contributed by atoms with Gasteiger partial charge in [0, 0.05) is 18.1 Å². The van der Waals surface area contributed by atoms with Crippen molar-refractivity contribution < 1.29 is 23.8 Å². The second-order valence-electron chi connectivity index (χ2n) is 8.02. The molecule has 0 fully saturated rings. The molecule has 0 bridgehead atoms. The number of thiazole rings is 1. The van der Waals surface area contributed by atoms with Crippen LogP contribution >= 0.6 is 11.3 Å². The Kier molecular flexibility index (Phi) is 7.40. The summed E-state index contributed by atoms with van der Waals surface area (Å²) in [5.74, 6) is 1.62. The third kappa shape index (κ3) is 5.17. The van der Waals surface area contributed by atoms with E-state index in [1.807, 2.05) is 36.4 Å². The summed E-state index contributed by atoms with van der Waals surface area (Å²) in [5, 5.41) is 7.81. The largest absolute Gasteiger partial charge is 0.497 e. The van der Waals surface area contributed by atoms with Crippen molar-refractivity contribution in [2.24, 2.45) is 0 Å². The summed E-state index contributed by atoms with van der Waals surface area (Å²) in [6.07, 6.45) is 2.24. The van der Waals surface area contributed by atoms with Gasteiger partial charge in [0.25, 0.3) is 0 Å². The Hall–Kier alpha value is -3.79. The van der Waals surface area contributed by atoms with Gasteiger partial charge in [-0.2, -0.15) is 0 Å². The average Bonchev–Trinajstić information content (AvgIpc) is 3.40. The summed E-state index contributed by atoms with van der Waals surface area (Å²) in [4.78, 5) is 31.8. The molecule has 9 nitrogen and oxygen atoms in total. The van der Waals surface area contributed by atoms with Gasteiger partial charge in [0.15, 0.2) is 16.6 Å². The molecule has 1 aliphatic heterocycles. The van der Waals surface area contributed by atoms with Crippen molar-refractivity contribution >= 4 is 28.4 Å². The van der Waals surface area contributed by atoms with Crippen LogP contribution in [0.2, 0.25) is 0 Å². The number of hydrogen-bond acceptors (Lipinski definition) is 7. The van der Waals surface area contributed by atoms with Crippen molar-refractivity contribution in [1.82, 2.24) is 15.2 Å². The molecule has 0 radical (unpaired) electrons. The highest BCUT2D eigenvalue weighted by Gasteiger charge is 2.34. The Bertz CT molecular complexity index is 1180. The van der Waals surface area contributed by atoms with Crippen molar-refractivity contribution in [3.8, 4) is 17.2 Å². The Balaban J connectivity index is 1.64. The van der Waals surface area contributed by atoms with E-state index in [9.17, 15) is 9.59 Å². The van der Waals surface area contributed by atoms with E-state index >= 15 is 0 Å². The number of hydrogen-bond donors (Lipinski definition) is 2. The lowest BCUT2D eigenvalue weighted by Crippen LogP contribution is -2.51. The molecule has 10 heteroatoms. The highest BCUT2D eigenvalue weighted by molar-refractivity contribution is 7.13. The maximum Gasteiger partial charge on any atom is 0.318 e. The van der Waals surface area contributed by atoms with E-state index in [2.05, 4.69) is 15.6 Å². The molecule has 184 valence electrons. The van der Waals surface area contributed by atoms with E-state index in [0.717, 1.165) is 22.4 Å². The van der Waals surface area contributed by atoms with E-state index in [1.165, 1.54) is 11.3 Å². The van der Waals surface area contributed by atoms with Crippen molar-refractivity contribution in [2.75, 3.05) is 33.2 Å². The van der Waals surface area contributed by atoms with Gasteiger partial charge >= 0.3 is 6.03 Å². The normalized spacial score (nSPS) is 15.5. The number of carbonyl (C=O) groups excluding carboxylic acids is 2. The Morgan fingerprint density at radius 3 is 2.43 bits per heavy atom. The zero-order valence-electron chi connectivity index (χ0n) is 20.0. The van der Waals surface area contributed by atoms with E-state index in [0.29, 0.717) is 29.6 Å². The molecule has 0 unspecified atom stereocenters. The second-order valence-corrected chi connectivity index (χ2v) is 8.92. The summed E-state index contributed by atoms with van der Waals surface area (Å²) in [6, 6.07) is 10.0. The first kappa shape index (κ1) is 24.3. The lowest BCUT2D eigenvalue weighted by atomic mass is 9.87. The molecule has 3 aromatic rings. The first-order valence-electron chi connectivity index (χ1n) is 11.1. The Morgan fingerprint density at radius 2 is 1.80 bits per heavy atom. The topological polar surface area (TPSA) is 102 Å². The molecule has 1 aliphatic rings. The van der Waals surface area contributed by atoms with Crippen LogP contribution in [0.25, 0.3) is 0 Å². The molecule has 3 amide bonds. The number of nitrogens with zero attached hydrogens (tertiary/aromatic N) is 2. The fraction of sp³-hybridized carbons (Fsp3) is 0.320. The number of fused-ring (bicyclic) bond motifs is 1. The van der Waals surface area contributed by atoms with Gasteiger partial charge in [-0.1, -0.05) is 12.1 Å². The molecule has 0 spiro atoms. The predicted octanol–water partition coefficient (Wildman–Crippen LogP) is 3.85. The summed E-state index contributed by atoms with van der Waals surface area (Å²) in [5.41, 5.74) is 2.92. The van der Waals surface area contributed by atoms with Crippen LogP contribution in [-0.4, -0.2) is 55.7 Å². The van der Waals surface area contributed by atoms with Crippen molar-refractivity contribution in [3.63, 3.8) is 0 Å². The zero-order valence-corrected chi connectivity index (χ0v) is 20.8. The van der Waals surface area contributed by atoms with Crippen LogP contribution in [0.1, 0.15) is 29.7 Å². The fourth-order valence-corrected chi connectivity index (χ4v) is 4.67. The SMILES string of the molecule is COc1ccc([C@@H]2c3cc(OC)c(OC)cc3CCN2C(=O)N[C@H](C)C(=O)Nc2nccs2)cc1. The third-order valence-corrected chi connectivity index (χ3v) is 6.65. The Morgan fingerprint density at radius 1 is 1.09 bits per heavy atom. The number of urea groups is 1. The molecule has 1 aromatic heterocycles.